The van der Waals surface area contributed by atoms with Gasteiger partial charge in [0.1, 0.15) is 5.03 Å². The molecule has 2 aromatic rings. The first-order chi connectivity index (χ1) is 11.6. The molecule has 1 aromatic heterocycles. The van der Waals surface area contributed by atoms with E-state index in [1.165, 1.54) is 16.0 Å². The summed E-state index contributed by atoms with van der Waals surface area (Å²) in [5.41, 5.74) is 2.92. The van der Waals surface area contributed by atoms with Gasteiger partial charge in [-0.15, -0.1) is 0 Å². The van der Waals surface area contributed by atoms with E-state index in [1.54, 1.807) is 30.4 Å². The second-order valence-electron chi connectivity index (χ2n) is 6.94. The molecular formula is C19H21N3OS. The highest BCUT2D eigenvalue weighted by molar-refractivity contribution is 7.99. The van der Waals surface area contributed by atoms with Gasteiger partial charge in [0.25, 0.3) is 0 Å². The molecule has 4 rings (SSSR count). The number of benzene rings is 1. The third kappa shape index (κ3) is 2.51. The molecule has 0 spiro atoms. The quantitative estimate of drug-likeness (QED) is 0.841. The highest BCUT2D eigenvalue weighted by Crippen LogP contribution is 2.46. The lowest BCUT2D eigenvalue weighted by molar-refractivity contribution is -0.138. The maximum Gasteiger partial charge on any atom is 0.222 e. The SMILES string of the molecule is CN1C(=O)CC[C@]2(C)c3ccc(Sc4cnccn4)cc3CCC12. The lowest BCUT2D eigenvalue weighted by atomic mass is 9.63. The van der Waals surface area contributed by atoms with Gasteiger partial charge in [0.2, 0.25) is 5.91 Å². The molecule has 1 saturated heterocycles. The molecule has 1 aliphatic heterocycles. The molecule has 24 heavy (non-hydrogen) atoms. The number of aryl methyl sites for hydroxylation is 1. The van der Waals surface area contributed by atoms with Gasteiger partial charge in [-0.1, -0.05) is 24.8 Å². The summed E-state index contributed by atoms with van der Waals surface area (Å²) in [5.74, 6) is 0.288. The van der Waals surface area contributed by atoms with Gasteiger partial charge in [0, 0.05) is 42.2 Å². The fraction of sp³-hybridized carbons (Fsp3) is 0.421. The van der Waals surface area contributed by atoms with Crippen molar-refractivity contribution in [1.29, 1.82) is 0 Å². The number of hydrogen-bond acceptors (Lipinski definition) is 4. The zero-order valence-corrected chi connectivity index (χ0v) is 14.8. The van der Waals surface area contributed by atoms with E-state index in [2.05, 4.69) is 35.1 Å². The number of piperidine rings is 1. The summed E-state index contributed by atoms with van der Waals surface area (Å²) in [6.45, 7) is 2.33. The number of rotatable bonds is 2. The molecule has 2 aliphatic rings. The van der Waals surface area contributed by atoms with Crippen LogP contribution in [0.3, 0.4) is 0 Å². The molecular weight excluding hydrogens is 318 g/mol. The van der Waals surface area contributed by atoms with E-state index in [0.29, 0.717) is 12.5 Å². The molecule has 0 bridgehead atoms. The van der Waals surface area contributed by atoms with Crippen LogP contribution in [-0.2, 0) is 16.6 Å². The van der Waals surface area contributed by atoms with Crippen LogP contribution in [0.1, 0.15) is 37.3 Å². The molecule has 5 heteroatoms. The molecule has 4 nitrogen and oxygen atoms in total. The Morgan fingerprint density at radius 1 is 1.29 bits per heavy atom. The van der Waals surface area contributed by atoms with Crippen molar-refractivity contribution in [2.45, 2.75) is 54.0 Å². The average molecular weight is 339 g/mol. The van der Waals surface area contributed by atoms with E-state index in [0.717, 1.165) is 24.3 Å². The summed E-state index contributed by atoms with van der Waals surface area (Å²) in [7, 11) is 1.97. The Bertz CT molecular complexity index is 779. The minimum absolute atomic E-state index is 0.0754. The Morgan fingerprint density at radius 3 is 2.96 bits per heavy atom. The van der Waals surface area contributed by atoms with Gasteiger partial charge in [-0.05, 0) is 42.5 Å². The van der Waals surface area contributed by atoms with E-state index in [4.69, 9.17) is 0 Å². The van der Waals surface area contributed by atoms with Gasteiger partial charge in [-0.3, -0.25) is 9.78 Å². The number of hydrogen-bond donors (Lipinski definition) is 0. The van der Waals surface area contributed by atoms with Crippen LogP contribution in [0, 0.1) is 0 Å². The minimum Gasteiger partial charge on any atom is -0.342 e. The largest absolute Gasteiger partial charge is 0.342 e. The first-order valence-corrected chi connectivity index (χ1v) is 9.22. The monoisotopic (exact) mass is 339 g/mol. The van der Waals surface area contributed by atoms with E-state index in [1.807, 2.05) is 11.9 Å². The Labute approximate surface area is 146 Å². The number of carbonyl (C=O) groups excluding carboxylic acids is 1. The molecule has 1 amide bonds. The van der Waals surface area contributed by atoms with Crippen molar-refractivity contribution in [2.75, 3.05) is 7.05 Å². The number of carbonyl (C=O) groups is 1. The summed E-state index contributed by atoms with van der Waals surface area (Å²) < 4.78 is 0. The Balaban J connectivity index is 1.66. The molecule has 0 N–H and O–H groups in total. The molecule has 0 radical (unpaired) electrons. The normalized spacial score (nSPS) is 26.0. The predicted molar refractivity (Wildman–Crippen MR) is 94.1 cm³/mol. The van der Waals surface area contributed by atoms with Crippen molar-refractivity contribution < 1.29 is 4.79 Å². The van der Waals surface area contributed by atoms with E-state index in [-0.39, 0.29) is 11.3 Å². The fourth-order valence-electron chi connectivity index (χ4n) is 4.29. The summed E-state index contributed by atoms with van der Waals surface area (Å²) in [6, 6.07) is 7.07. The lowest BCUT2D eigenvalue weighted by Gasteiger charge is -2.50. The number of likely N-dealkylation sites (tertiary alicyclic amines) is 1. The number of fused-ring (bicyclic) bond motifs is 3. The molecule has 1 aliphatic carbocycles. The molecule has 0 saturated carbocycles. The zero-order valence-electron chi connectivity index (χ0n) is 14.0. The van der Waals surface area contributed by atoms with Crippen molar-refractivity contribution in [3.63, 3.8) is 0 Å². The molecule has 1 unspecified atom stereocenters. The van der Waals surface area contributed by atoms with Crippen LogP contribution in [0.2, 0.25) is 0 Å². The molecule has 1 fully saturated rings. The summed E-state index contributed by atoms with van der Waals surface area (Å²) in [5, 5.41) is 0.917. The van der Waals surface area contributed by atoms with Gasteiger partial charge >= 0.3 is 0 Å². The second-order valence-corrected chi connectivity index (χ2v) is 8.04. The van der Waals surface area contributed by atoms with Gasteiger partial charge in [-0.2, -0.15) is 0 Å². The Kier molecular flexibility index (Phi) is 3.83. The fourth-order valence-corrected chi connectivity index (χ4v) is 5.09. The second kappa shape index (κ2) is 5.88. The van der Waals surface area contributed by atoms with Crippen LogP contribution in [0.5, 0.6) is 0 Å². The van der Waals surface area contributed by atoms with Gasteiger partial charge in [0.05, 0.1) is 6.20 Å². The van der Waals surface area contributed by atoms with Crippen LogP contribution < -0.4 is 0 Å². The smallest absolute Gasteiger partial charge is 0.222 e. The standard InChI is InChI=1S/C19H21N3OS/c1-19-8-7-18(23)22(2)16(19)6-3-13-11-14(4-5-15(13)19)24-17-12-20-9-10-21-17/h4-5,9-12,16H,3,6-8H2,1-2H3/t16?,19-/m1/s1. The van der Waals surface area contributed by atoms with E-state index < -0.39 is 0 Å². The van der Waals surface area contributed by atoms with Gasteiger partial charge in [0.15, 0.2) is 0 Å². The van der Waals surface area contributed by atoms with Gasteiger partial charge in [-0.25, -0.2) is 4.98 Å². The highest BCUT2D eigenvalue weighted by Gasteiger charge is 2.46. The van der Waals surface area contributed by atoms with Gasteiger partial charge < -0.3 is 4.90 Å². The summed E-state index contributed by atoms with van der Waals surface area (Å²) in [4.78, 5) is 23.7. The highest BCUT2D eigenvalue weighted by atomic mass is 32.2. The zero-order chi connectivity index (χ0) is 16.7. The van der Waals surface area contributed by atoms with Crippen LogP contribution in [0.15, 0.2) is 46.7 Å². The van der Waals surface area contributed by atoms with Crippen molar-refractivity contribution in [3.8, 4) is 0 Å². The topological polar surface area (TPSA) is 46.1 Å². The minimum atomic E-state index is 0.0754. The van der Waals surface area contributed by atoms with Crippen LogP contribution >= 0.6 is 11.8 Å². The third-order valence-electron chi connectivity index (χ3n) is 5.60. The maximum absolute atomic E-state index is 12.1. The third-order valence-corrected chi connectivity index (χ3v) is 6.51. The average Bonchev–Trinajstić information content (AvgIpc) is 2.59. The van der Waals surface area contributed by atoms with E-state index in [9.17, 15) is 4.79 Å². The molecule has 2 heterocycles. The van der Waals surface area contributed by atoms with Crippen LogP contribution in [-0.4, -0.2) is 33.9 Å². The summed E-state index contributed by atoms with van der Waals surface area (Å²) >= 11 is 1.65. The first kappa shape index (κ1) is 15.6. The maximum atomic E-state index is 12.1. The first-order valence-electron chi connectivity index (χ1n) is 8.41. The van der Waals surface area contributed by atoms with Crippen molar-refractivity contribution in [1.82, 2.24) is 14.9 Å². The van der Waals surface area contributed by atoms with Crippen molar-refractivity contribution in [3.05, 3.63) is 47.9 Å². The number of likely N-dealkylation sites (N-methyl/N-ethyl adjacent to an activating group) is 1. The van der Waals surface area contributed by atoms with Crippen molar-refractivity contribution >= 4 is 17.7 Å². The Morgan fingerprint density at radius 2 is 2.17 bits per heavy atom. The van der Waals surface area contributed by atoms with Crippen LogP contribution in [0.4, 0.5) is 0 Å². The Hall–Kier alpha value is -1.88. The number of aromatic nitrogens is 2. The molecule has 124 valence electrons. The molecule has 2 atom stereocenters. The van der Waals surface area contributed by atoms with E-state index >= 15 is 0 Å². The van der Waals surface area contributed by atoms with Crippen LogP contribution in [0.25, 0.3) is 0 Å². The van der Waals surface area contributed by atoms with Crippen molar-refractivity contribution in [2.24, 2.45) is 0 Å². The number of nitrogens with zero attached hydrogens (tertiary/aromatic N) is 3. The lowest BCUT2D eigenvalue weighted by Crippen LogP contribution is -2.56. The molecule has 1 aromatic carbocycles. The predicted octanol–water partition coefficient (Wildman–Crippen LogP) is 3.45. The number of amides is 1. The summed E-state index contributed by atoms with van der Waals surface area (Å²) in [6.07, 6.45) is 8.89.